The standard InChI is InChI=1S/3C6H12.3C6H6.6C3H8.10C2H6.4CH4/c6*1-2-4-6-5-3-1;6*1-3-2;10*1-2;;;;/h3*1-6H2;3*1-6H;6*3H2,1-2H3;10*1-2H3;4*1H4. The highest BCUT2D eigenvalue weighted by Gasteiger charge is 1.96. The predicted octanol–water partition coefficient (Wildman–Crippen LogP) is 33.4. The van der Waals surface area contributed by atoms with Gasteiger partial charge in [-0.05, 0) is 0 Å². The van der Waals surface area contributed by atoms with Crippen LogP contribution in [-0.2, 0) is 0 Å². The molecule has 0 N–H and O–H groups in total. The fourth-order valence-corrected chi connectivity index (χ4v) is 4.34. The minimum absolute atomic E-state index is 0. The van der Waals surface area contributed by atoms with E-state index in [0.29, 0.717) is 0 Å². The third-order valence-electron chi connectivity index (χ3n) is 6.50. The molecule has 0 unspecified atom stereocenters. The highest BCUT2D eigenvalue weighted by molar-refractivity contribution is 5.00. The molecule has 3 aliphatic rings. The quantitative estimate of drug-likeness (QED) is 0.210. The van der Waals surface area contributed by atoms with Crippen molar-refractivity contribution in [2.75, 3.05) is 0 Å². The van der Waals surface area contributed by atoms with Crippen LogP contribution < -0.4 is 0 Å². The van der Waals surface area contributed by atoms with Crippen molar-refractivity contribution in [3.63, 3.8) is 0 Å². The Morgan fingerprint density at radius 1 is 0.128 bits per heavy atom. The summed E-state index contributed by atoms with van der Waals surface area (Å²) in [5.74, 6) is 0. The van der Waals surface area contributed by atoms with Gasteiger partial charge in [-0.2, -0.15) is 0 Å². The van der Waals surface area contributed by atoms with Crippen molar-refractivity contribution in [2.45, 2.75) is 405 Å². The zero-order valence-corrected chi connectivity index (χ0v) is 59.4. The molecule has 3 fully saturated rings. The van der Waals surface area contributed by atoms with E-state index >= 15 is 0 Å². The lowest BCUT2D eigenvalue weighted by Crippen LogP contribution is -1.85. The van der Waals surface area contributed by atoms with Gasteiger partial charge in [0.15, 0.2) is 0 Å². The van der Waals surface area contributed by atoms with Crippen molar-refractivity contribution in [3.05, 3.63) is 109 Å². The summed E-state index contributed by atoms with van der Waals surface area (Å²) in [4.78, 5) is 0. The maximum atomic E-state index is 2.12. The van der Waals surface area contributed by atoms with Gasteiger partial charge in [-0.25, -0.2) is 0 Å². The zero-order valence-electron chi connectivity index (χ0n) is 59.4. The molecular weight excluding hydrogens is 937 g/mol. The van der Waals surface area contributed by atoms with E-state index in [1.54, 1.807) is 0 Å². The molecule has 6 rings (SSSR count). The molecule has 490 valence electrons. The molecule has 0 aliphatic heterocycles. The molecule has 0 amide bonds. The Kier molecular flexibility index (Phi) is 449. The van der Waals surface area contributed by atoms with Crippen molar-refractivity contribution >= 4 is 0 Å². The summed E-state index contributed by atoms with van der Waals surface area (Å²) in [5.41, 5.74) is 0. The highest BCUT2D eigenvalue weighted by atomic mass is 14.0. The lowest BCUT2D eigenvalue weighted by Gasteiger charge is -2.05. The van der Waals surface area contributed by atoms with E-state index in [4.69, 9.17) is 0 Å². The van der Waals surface area contributed by atoms with E-state index < -0.39 is 0 Å². The molecule has 0 aromatic heterocycles. The summed E-state index contributed by atoms with van der Waals surface area (Å²) >= 11 is 0. The molecule has 0 heterocycles. The topological polar surface area (TPSA) is 0 Å². The van der Waals surface area contributed by atoms with E-state index in [1.807, 2.05) is 248 Å². The zero-order chi connectivity index (χ0) is 61.7. The first-order chi connectivity index (χ1) is 36.5. The second-order valence-corrected chi connectivity index (χ2v) is 14.1. The Labute approximate surface area is 512 Å². The van der Waals surface area contributed by atoms with Gasteiger partial charge in [0.2, 0.25) is 0 Å². The number of hydrogen-bond donors (Lipinski definition) is 0. The number of rotatable bonds is 0. The predicted molar refractivity (Wildman–Crippen MR) is 399 cm³/mol. The van der Waals surface area contributed by atoms with Crippen LogP contribution in [-0.4, -0.2) is 0 Å². The van der Waals surface area contributed by atoms with E-state index in [0.717, 1.165) is 0 Å². The van der Waals surface area contributed by atoms with Crippen LogP contribution in [0.2, 0.25) is 0 Å². The van der Waals surface area contributed by atoms with Crippen LogP contribution in [0.25, 0.3) is 0 Å². The summed E-state index contributed by atoms with van der Waals surface area (Å²) in [6.07, 6.45) is 34.5. The first-order valence-corrected chi connectivity index (χ1v) is 33.5. The first-order valence-electron chi connectivity index (χ1n) is 33.5. The maximum Gasteiger partial charge on any atom is -0.0533 e. The summed E-state index contributed by atoms with van der Waals surface area (Å²) in [6, 6.07) is 36.0. The first kappa shape index (κ1) is 136. The van der Waals surface area contributed by atoms with Gasteiger partial charge in [-0.1, -0.05) is 515 Å². The van der Waals surface area contributed by atoms with Gasteiger partial charge in [0.1, 0.15) is 0 Å². The molecule has 3 aromatic carbocycles. The van der Waals surface area contributed by atoms with Crippen molar-refractivity contribution in [3.8, 4) is 0 Å². The van der Waals surface area contributed by atoms with Gasteiger partial charge in [0.25, 0.3) is 0 Å². The molecule has 3 aromatic rings. The molecular formula is C78H178. The van der Waals surface area contributed by atoms with Gasteiger partial charge in [-0.15, -0.1) is 0 Å². The van der Waals surface area contributed by atoms with E-state index in [-0.39, 0.29) is 29.7 Å². The Hall–Kier alpha value is -2.34. The van der Waals surface area contributed by atoms with Crippen molar-refractivity contribution < 1.29 is 0 Å². The molecule has 0 saturated heterocycles. The Morgan fingerprint density at radius 3 is 0.179 bits per heavy atom. The van der Waals surface area contributed by atoms with E-state index in [2.05, 4.69) is 83.1 Å². The van der Waals surface area contributed by atoms with Crippen molar-refractivity contribution in [2.24, 2.45) is 0 Å². The van der Waals surface area contributed by atoms with E-state index in [9.17, 15) is 0 Å². The van der Waals surface area contributed by atoms with Gasteiger partial charge >= 0.3 is 0 Å². The third kappa shape index (κ3) is 343. The molecule has 0 heteroatoms. The molecule has 0 radical (unpaired) electrons. The smallest absolute Gasteiger partial charge is 0.0533 e. The third-order valence-corrected chi connectivity index (χ3v) is 6.50. The molecule has 3 saturated carbocycles. The fraction of sp³-hybridized carbons (Fsp3) is 0.769. The SMILES string of the molecule is C.C.C.C.C1CCCCC1.C1CCCCC1.C1CCCCC1.CC.CC.CC.CC.CC.CC.CC.CC.CC.CC.CCC.CCC.CCC.CCC.CCC.CCC.c1ccccc1.c1ccccc1.c1ccccc1. The summed E-state index contributed by atoms with van der Waals surface area (Å²) < 4.78 is 0. The van der Waals surface area contributed by atoms with Gasteiger partial charge in [0, 0.05) is 0 Å². The molecule has 3 aliphatic carbocycles. The maximum absolute atomic E-state index is 2.12. The van der Waals surface area contributed by atoms with Crippen LogP contribution in [0.3, 0.4) is 0 Å². The Balaban J connectivity index is -0.0000000255. The van der Waals surface area contributed by atoms with Crippen LogP contribution in [0.4, 0.5) is 0 Å². The normalized spacial score (nSPS) is 9.54. The van der Waals surface area contributed by atoms with E-state index in [1.165, 1.54) is 154 Å². The van der Waals surface area contributed by atoms with Crippen LogP contribution in [0.15, 0.2) is 109 Å². The lowest BCUT2D eigenvalue weighted by molar-refractivity contribution is 0.504. The number of benzene rings is 3. The Bertz CT molecular complexity index is 552. The van der Waals surface area contributed by atoms with Crippen LogP contribution in [0.1, 0.15) is 405 Å². The monoisotopic (exact) mass is 1120 g/mol. The molecule has 0 bridgehead atoms. The molecule has 0 nitrogen and oxygen atoms in total. The summed E-state index contributed by atoms with van der Waals surface area (Å²) in [5, 5.41) is 0. The summed E-state index contributed by atoms with van der Waals surface area (Å²) in [6.45, 7) is 65.5. The molecule has 78 heavy (non-hydrogen) atoms. The van der Waals surface area contributed by atoms with Crippen LogP contribution in [0.5, 0.6) is 0 Å². The van der Waals surface area contributed by atoms with Crippen LogP contribution in [0, 0.1) is 0 Å². The van der Waals surface area contributed by atoms with Gasteiger partial charge in [-0.3, -0.25) is 0 Å². The van der Waals surface area contributed by atoms with Crippen LogP contribution >= 0.6 is 0 Å². The minimum Gasteiger partial charge on any atom is -0.0776 e. The second-order valence-electron chi connectivity index (χ2n) is 14.1. The summed E-state index contributed by atoms with van der Waals surface area (Å²) in [7, 11) is 0. The lowest BCUT2D eigenvalue weighted by atomic mass is 10.0. The molecule has 0 spiro atoms. The van der Waals surface area contributed by atoms with Crippen molar-refractivity contribution in [1.29, 1.82) is 0 Å². The van der Waals surface area contributed by atoms with Crippen molar-refractivity contribution in [1.82, 2.24) is 0 Å². The van der Waals surface area contributed by atoms with Gasteiger partial charge in [0.05, 0.1) is 0 Å². The minimum atomic E-state index is 0. The highest BCUT2D eigenvalue weighted by Crippen LogP contribution is 2.16. The second kappa shape index (κ2) is 258. The fourth-order valence-electron chi connectivity index (χ4n) is 4.34. The average molecular weight is 1120 g/mol. The Morgan fingerprint density at radius 2 is 0.154 bits per heavy atom. The van der Waals surface area contributed by atoms with Gasteiger partial charge < -0.3 is 0 Å². The molecule has 0 atom stereocenters. The largest absolute Gasteiger partial charge is 0.0776 e. The average Bonchev–Trinajstić information content (AvgIpc) is 3.53. The number of hydrogen-bond acceptors (Lipinski definition) is 0.